The van der Waals surface area contributed by atoms with Crippen LogP contribution in [0.2, 0.25) is 0 Å². The van der Waals surface area contributed by atoms with E-state index < -0.39 is 0 Å². The normalized spacial score (nSPS) is 11.6. The summed E-state index contributed by atoms with van der Waals surface area (Å²) in [4.78, 5) is 3.38. The van der Waals surface area contributed by atoms with Crippen LogP contribution in [-0.4, -0.2) is 26.1 Å². The van der Waals surface area contributed by atoms with E-state index in [1.54, 1.807) is 16.4 Å². The van der Waals surface area contributed by atoms with Crippen molar-refractivity contribution in [2.45, 2.75) is 17.8 Å². The third-order valence-corrected chi connectivity index (χ3v) is 5.34. The molecule has 0 aliphatic rings. The predicted octanol–water partition coefficient (Wildman–Crippen LogP) is 4.90. The Balaban J connectivity index is 1.62. The standard InChI is InChI=1S/C19H17N5S2/c1-13-16(15-9-5-6-10-17(15)21-13)11-20-24-18(25)22-23-19(24)26-12-14-7-3-2-4-8-14/h2-11,21H,12H2,1H3,(H,22,25)/b20-11+. The molecule has 4 rings (SSSR count). The van der Waals surface area contributed by atoms with Gasteiger partial charge in [-0.15, -0.1) is 5.10 Å². The summed E-state index contributed by atoms with van der Waals surface area (Å²) < 4.78 is 2.15. The Morgan fingerprint density at radius 2 is 1.92 bits per heavy atom. The molecule has 0 bridgehead atoms. The third kappa shape index (κ3) is 3.36. The van der Waals surface area contributed by atoms with E-state index in [1.807, 2.05) is 43.5 Å². The monoisotopic (exact) mass is 379 g/mol. The van der Waals surface area contributed by atoms with E-state index in [0.29, 0.717) is 4.77 Å². The summed E-state index contributed by atoms with van der Waals surface area (Å²) in [5, 5.41) is 13.6. The Morgan fingerprint density at radius 3 is 2.77 bits per heavy atom. The number of aromatic nitrogens is 4. The van der Waals surface area contributed by atoms with Gasteiger partial charge >= 0.3 is 0 Å². The molecule has 2 aromatic heterocycles. The number of aryl methyl sites for hydroxylation is 1. The van der Waals surface area contributed by atoms with E-state index in [0.717, 1.165) is 33.1 Å². The molecule has 0 radical (unpaired) electrons. The van der Waals surface area contributed by atoms with Crippen LogP contribution in [0.4, 0.5) is 0 Å². The number of para-hydroxylation sites is 1. The Kier molecular flexibility index (Phi) is 4.73. The molecule has 7 heteroatoms. The molecule has 0 aliphatic carbocycles. The van der Waals surface area contributed by atoms with Crippen molar-refractivity contribution >= 4 is 41.1 Å². The maximum absolute atomic E-state index is 5.34. The molecule has 2 aromatic carbocycles. The van der Waals surface area contributed by atoms with Crippen molar-refractivity contribution in [2.24, 2.45) is 5.10 Å². The Morgan fingerprint density at radius 1 is 1.15 bits per heavy atom. The van der Waals surface area contributed by atoms with Crippen LogP contribution in [0.1, 0.15) is 16.8 Å². The molecule has 0 fully saturated rings. The lowest BCUT2D eigenvalue weighted by Gasteiger charge is -2.01. The maximum atomic E-state index is 5.34. The van der Waals surface area contributed by atoms with Gasteiger partial charge in [0.25, 0.3) is 0 Å². The Bertz CT molecular complexity index is 1120. The molecule has 0 spiro atoms. The van der Waals surface area contributed by atoms with Gasteiger partial charge < -0.3 is 4.98 Å². The van der Waals surface area contributed by atoms with Crippen molar-refractivity contribution < 1.29 is 0 Å². The van der Waals surface area contributed by atoms with Crippen LogP contribution in [0, 0.1) is 11.7 Å². The number of nitrogens with one attached hydrogen (secondary N) is 2. The smallest absolute Gasteiger partial charge is 0.217 e. The molecule has 5 nitrogen and oxygen atoms in total. The van der Waals surface area contributed by atoms with Gasteiger partial charge in [-0.05, 0) is 30.8 Å². The largest absolute Gasteiger partial charge is 0.358 e. The van der Waals surface area contributed by atoms with Crippen LogP contribution >= 0.6 is 24.0 Å². The number of nitrogens with zero attached hydrogens (tertiary/aromatic N) is 3. The quantitative estimate of drug-likeness (QED) is 0.294. The van der Waals surface area contributed by atoms with E-state index in [4.69, 9.17) is 12.2 Å². The zero-order chi connectivity index (χ0) is 17.9. The summed E-state index contributed by atoms with van der Waals surface area (Å²) >= 11 is 6.94. The van der Waals surface area contributed by atoms with Gasteiger partial charge in [-0.25, -0.2) is 5.10 Å². The first-order chi connectivity index (χ1) is 12.7. The SMILES string of the molecule is Cc1[nH]c2ccccc2c1/C=N/n1c(SCc2ccccc2)n[nH]c1=S. The third-order valence-electron chi connectivity index (χ3n) is 4.08. The van der Waals surface area contributed by atoms with Gasteiger partial charge in [-0.3, -0.25) is 0 Å². The molecule has 2 N–H and O–H groups in total. The van der Waals surface area contributed by atoms with Gasteiger partial charge in [0.05, 0.1) is 6.21 Å². The first-order valence-corrected chi connectivity index (χ1v) is 9.57. The minimum atomic E-state index is 0.481. The molecule has 0 unspecified atom stereocenters. The number of H-pyrrole nitrogens is 2. The highest BCUT2D eigenvalue weighted by Crippen LogP contribution is 2.22. The van der Waals surface area contributed by atoms with Crippen LogP contribution in [0.15, 0.2) is 64.9 Å². The van der Waals surface area contributed by atoms with Gasteiger partial charge in [-0.2, -0.15) is 9.78 Å². The van der Waals surface area contributed by atoms with E-state index in [9.17, 15) is 0 Å². The lowest BCUT2D eigenvalue weighted by atomic mass is 10.1. The average molecular weight is 380 g/mol. The number of aromatic amines is 2. The average Bonchev–Trinajstić information content (AvgIpc) is 3.18. The lowest BCUT2D eigenvalue weighted by Crippen LogP contribution is -1.95. The summed E-state index contributed by atoms with van der Waals surface area (Å²) in [6.07, 6.45) is 1.84. The highest BCUT2D eigenvalue weighted by atomic mass is 32.2. The minimum absolute atomic E-state index is 0.481. The van der Waals surface area contributed by atoms with Gasteiger partial charge in [0.2, 0.25) is 9.93 Å². The molecule has 2 heterocycles. The number of thioether (sulfide) groups is 1. The lowest BCUT2D eigenvalue weighted by molar-refractivity contribution is 0.759. The predicted molar refractivity (Wildman–Crippen MR) is 109 cm³/mol. The second-order valence-electron chi connectivity index (χ2n) is 5.85. The summed E-state index contributed by atoms with van der Waals surface area (Å²) in [5.74, 6) is 0.808. The van der Waals surface area contributed by atoms with E-state index in [1.165, 1.54) is 5.56 Å². The second-order valence-corrected chi connectivity index (χ2v) is 7.18. The van der Waals surface area contributed by atoms with Crippen LogP contribution in [0.5, 0.6) is 0 Å². The van der Waals surface area contributed by atoms with E-state index >= 15 is 0 Å². The second kappa shape index (κ2) is 7.31. The Hall–Kier alpha value is -2.64. The summed E-state index contributed by atoms with van der Waals surface area (Å²) in [6, 6.07) is 18.5. The summed E-state index contributed by atoms with van der Waals surface area (Å²) in [6.45, 7) is 2.04. The van der Waals surface area contributed by atoms with Crippen LogP contribution in [0.3, 0.4) is 0 Å². The summed E-state index contributed by atoms with van der Waals surface area (Å²) in [7, 11) is 0. The molecule has 0 amide bonds. The zero-order valence-corrected chi connectivity index (χ0v) is 15.8. The molecule has 0 aliphatic heterocycles. The zero-order valence-electron chi connectivity index (χ0n) is 14.1. The van der Waals surface area contributed by atoms with Crippen molar-refractivity contribution in [3.05, 3.63) is 76.2 Å². The number of hydrogen-bond acceptors (Lipinski definition) is 4. The van der Waals surface area contributed by atoms with Gasteiger partial charge in [0.1, 0.15) is 0 Å². The Labute approximate surface area is 160 Å². The first-order valence-electron chi connectivity index (χ1n) is 8.18. The highest BCUT2D eigenvalue weighted by molar-refractivity contribution is 7.98. The molecule has 26 heavy (non-hydrogen) atoms. The van der Waals surface area contributed by atoms with Crippen molar-refractivity contribution in [3.63, 3.8) is 0 Å². The van der Waals surface area contributed by atoms with Gasteiger partial charge in [0.15, 0.2) is 0 Å². The first kappa shape index (κ1) is 16.8. The number of fused-ring (bicyclic) bond motifs is 1. The number of rotatable bonds is 5. The maximum Gasteiger partial charge on any atom is 0.217 e. The number of benzene rings is 2. The molecule has 130 valence electrons. The van der Waals surface area contributed by atoms with Crippen LogP contribution in [0.25, 0.3) is 10.9 Å². The van der Waals surface area contributed by atoms with Crippen molar-refractivity contribution in [3.8, 4) is 0 Å². The number of hydrogen-bond donors (Lipinski definition) is 2. The van der Waals surface area contributed by atoms with E-state index in [-0.39, 0.29) is 0 Å². The fourth-order valence-electron chi connectivity index (χ4n) is 2.77. The molecule has 0 saturated carbocycles. The molecule has 0 atom stereocenters. The molecule has 0 saturated heterocycles. The van der Waals surface area contributed by atoms with Gasteiger partial charge in [0, 0.05) is 27.9 Å². The molecular weight excluding hydrogens is 362 g/mol. The van der Waals surface area contributed by atoms with Crippen LogP contribution < -0.4 is 0 Å². The molecular formula is C19H17N5S2. The topological polar surface area (TPSA) is 61.8 Å². The van der Waals surface area contributed by atoms with Crippen LogP contribution in [-0.2, 0) is 5.75 Å². The molecule has 4 aromatic rings. The van der Waals surface area contributed by atoms with Crippen molar-refractivity contribution in [1.82, 2.24) is 19.9 Å². The van der Waals surface area contributed by atoms with E-state index in [2.05, 4.69) is 44.5 Å². The van der Waals surface area contributed by atoms with Crippen molar-refractivity contribution in [1.29, 1.82) is 0 Å². The van der Waals surface area contributed by atoms with Crippen molar-refractivity contribution in [2.75, 3.05) is 0 Å². The fraction of sp³-hybridized carbons (Fsp3) is 0.105. The highest BCUT2D eigenvalue weighted by Gasteiger charge is 2.08. The summed E-state index contributed by atoms with van der Waals surface area (Å²) in [5.41, 5.74) is 4.46. The van der Waals surface area contributed by atoms with Gasteiger partial charge in [-0.1, -0.05) is 60.3 Å². The minimum Gasteiger partial charge on any atom is -0.358 e. The fourth-order valence-corrected chi connectivity index (χ4v) is 3.87.